The predicted molar refractivity (Wildman–Crippen MR) is 82.6 cm³/mol. The van der Waals surface area contributed by atoms with E-state index in [0.29, 0.717) is 10.2 Å². The Kier molecular flexibility index (Phi) is 4.52. The van der Waals surface area contributed by atoms with Crippen molar-refractivity contribution in [2.24, 2.45) is 0 Å². The maximum atomic E-state index is 12.6. The van der Waals surface area contributed by atoms with Crippen LogP contribution in [0.4, 0.5) is 5.13 Å². The van der Waals surface area contributed by atoms with Crippen LogP contribution in [0, 0.1) is 6.92 Å². The summed E-state index contributed by atoms with van der Waals surface area (Å²) in [5, 5.41) is 3.08. The van der Waals surface area contributed by atoms with Crippen molar-refractivity contribution in [3.63, 3.8) is 0 Å². The highest BCUT2D eigenvalue weighted by atomic mass is 35.5. The number of halogens is 2. The lowest BCUT2D eigenvalue weighted by atomic mass is 10.1. The van der Waals surface area contributed by atoms with E-state index in [1.807, 2.05) is 12.3 Å². The molecular formula is C13H12Cl2N2O2S. The van der Waals surface area contributed by atoms with Crippen LogP contribution in [0.5, 0.6) is 5.75 Å². The number of ether oxygens (including phenoxy) is 1. The molecule has 20 heavy (non-hydrogen) atoms. The molecule has 0 radical (unpaired) electrons. The van der Waals surface area contributed by atoms with Crippen molar-refractivity contribution in [1.29, 1.82) is 0 Å². The number of rotatable bonds is 3. The Morgan fingerprint density at radius 3 is 2.55 bits per heavy atom. The van der Waals surface area contributed by atoms with Gasteiger partial charge in [0.15, 0.2) is 10.9 Å². The zero-order chi connectivity index (χ0) is 14.9. The van der Waals surface area contributed by atoms with Crippen molar-refractivity contribution >= 4 is 45.6 Å². The van der Waals surface area contributed by atoms with Crippen LogP contribution in [0.3, 0.4) is 0 Å². The summed E-state index contributed by atoms with van der Waals surface area (Å²) in [6, 6.07) is 3.16. The number of carbonyl (C=O) groups excluding carboxylic acids is 1. The fraction of sp³-hybridized carbons (Fsp3) is 0.231. The number of aryl methyl sites for hydroxylation is 1. The minimum atomic E-state index is -0.316. The fourth-order valence-electron chi connectivity index (χ4n) is 1.68. The highest BCUT2D eigenvalue weighted by Gasteiger charge is 2.24. The van der Waals surface area contributed by atoms with Gasteiger partial charge in [-0.05, 0) is 19.1 Å². The molecular weight excluding hydrogens is 319 g/mol. The molecule has 4 nitrogen and oxygen atoms in total. The van der Waals surface area contributed by atoms with E-state index in [1.54, 1.807) is 19.2 Å². The second-order valence-corrected chi connectivity index (χ2v) is 5.72. The number of hydrogen-bond acceptors (Lipinski definition) is 4. The molecule has 0 aliphatic heterocycles. The van der Waals surface area contributed by atoms with Crippen LogP contribution in [0.2, 0.25) is 10.0 Å². The predicted octanol–water partition coefficient (Wildman–Crippen LogP) is 4.04. The van der Waals surface area contributed by atoms with E-state index >= 15 is 0 Å². The zero-order valence-electron chi connectivity index (χ0n) is 11.1. The molecule has 1 aromatic heterocycles. The van der Waals surface area contributed by atoms with Crippen LogP contribution in [-0.2, 0) is 0 Å². The second kappa shape index (κ2) is 5.99. The van der Waals surface area contributed by atoms with Gasteiger partial charge in [-0.25, -0.2) is 4.98 Å². The third-order valence-corrected chi connectivity index (χ3v) is 4.32. The van der Waals surface area contributed by atoms with Gasteiger partial charge in [0.05, 0.1) is 22.8 Å². The molecule has 0 fully saturated rings. The van der Waals surface area contributed by atoms with Gasteiger partial charge in [-0.2, -0.15) is 0 Å². The first kappa shape index (κ1) is 15.1. The molecule has 1 aromatic carbocycles. The van der Waals surface area contributed by atoms with Crippen molar-refractivity contribution < 1.29 is 9.53 Å². The van der Waals surface area contributed by atoms with E-state index in [4.69, 9.17) is 27.9 Å². The molecule has 0 unspecified atom stereocenters. The van der Waals surface area contributed by atoms with Gasteiger partial charge < -0.3 is 4.74 Å². The largest absolute Gasteiger partial charge is 0.494 e. The van der Waals surface area contributed by atoms with Crippen molar-refractivity contribution in [2.45, 2.75) is 6.92 Å². The fourth-order valence-corrected chi connectivity index (χ4v) is 2.91. The molecule has 0 N–H and O–H groups in total. The minimum absolute atomic E-state index is 0.233. The molecule has 2 aromatic rings. The summed E-state index contributed by atoms with van der Waals surface area (Å²) in [6.07, 6.45) is 0. The highest BCUT2D eigenvalue weighted by molar-refractivity contribution is 7.14. The van der Waals surface area contributed by atoms with Gasteiger partial charge in [-0.15, -0.1) is 11.3 Å². The molecule has 106 valence electrons. The molecule has 0 aliphatic rings. The van der Waals surface area contributed by atoms with Gasteiger partial charge in [0, 0.05) is 12.4 Å². The Balaban J connectivity index is 2.46. The molecule has 2 rings (SSSR count). The van der Waals surface area contributed by atoms with Gasteiger partial charge in [0.25, 0.3) is 5.91 Å². The maximum absolute atomic E-state index is 12.6. The molecule has 0 saturated heterocycles. The zero-order valence-corrected chi connectivity index (χ0v) is 13.4. The molecule has 0 saturated carbocycles. The number of thiazole rings is 1. The van der Waals surface area contributed by atoms with Gasteiger partial charge in [-0.1, -0.05) is 23.2 Å². The van der Waals surface area contributed by atoms with Crippen LogP contribution >= 0.6 is 34.5 Å². The third-order valence-electron chi connectivity index (χ3n) is 2.68. The van der Waals surface area contributed by atoms with Gasteiger partial charge in [0.2, 0.25) is 0 Å². The lowest BCUT2D eigenvalue weighted by Gasteiger charge is -2.17. The van der Waals surface area contributed by atoms with Gasteiger partial charge >= 0.3 is 0 Å². The topological polar surface area (TPSA) is 42.4 Å². The summed E-state index contributed by atoms with van der Waals surface area (Å²) < 4.78 is 5.19. The van der Waals surface area contributed by atoms with Crippen molar-refractivity contribution in [3.05, 3.63) is 38.8 Å². The molecule has 0 bridgehead atoms. The first-order chi connectivity index (χ1) is 9.45. The van der Waals surface area contributed by atoms with E-state index in [0.717, 1.165) is 5.69 Å². The number of carbonyl (C=O) groups is 1. The Hall–Kier alpha value is -1.30. The Labute approximate surface area is 130 Å². The summed E-state index contributed by atoms with van der Waals surface area (Å²) in [4.78, 5) is 18.3. The summed E-state index contributed by atoms with van der Waals surface area (Å²) in [5.41, 5.74) is 1.09. The molecule has 1 amide bonds. The van der Waals surface area contributed by atoms with E-state index in [9.17, 15) is 4.79 Å². The van der Waals surface area contributed by atoms with Crippen LogP contribution < -0.4 is 9.64 Å². The average Bonchev–Trinajstić information content (AvgIpc) is 2.86. The number of benzene rings is 1. The summed E-state index contributed by atoms with van der Waals surface area (Å²) >= 11 is 13.5. The van der Waals surface area contributed by atoms with Gasteiger partial charge in [-0.3, -0.25) is 9.69 Å². The van der Waals surface area contributed by atoms with Crippen molar-refractivity contribution in [3.8, 4) is 5.75 Å². The summed E-state index contributed by atoms with van der Waals surface area (Å²) in [6.45, 7) is 1.87. The van der Waals surface area contributed by atoms with E-state index in [1.165, 1.54) is 23.3 Å². The average molecular weight is 331 g/mol. The standard InChI is InChI=1S/C13H12Cl2N2O2S/c1-7-6-20-13(16-7)17(2)12(18)10-8(14)4-5-9(15)11(10)19-3/h4-6H,1-3H3. The molecule has 0 spiro atoms. The number of amides is 1. The van der Waals surface area contributed by atoms with Crippen molar-refractivity contribution in [2.75, 3.05) is 19.1 Å². The Bertz CT molecular complexity index is 658. The van der Waals surface area contributed by atoms with Gasteiger partial charge in [0.1, 0.15) is 5.56 Å². The molecule has 0 aliphatic carbocycles. The maximum Gasteiger partial charge on any atom is 0.265 e. The third kappa shape index (κ3) is 2.75. The highest BCUT2D eigenvalue weighted by Crippen LogP contribution is 2.35. The molecule has 7 heteroatoms. The van der Waals surface area contributed by atoms with E-state index < -0.39 is 0 Å². The number of hydrogen-bond donors (Lipinski definition) is 0. The lowest BCUT2D eigenvalue weighted by molar-refractivity contribution is 0.0990. The Morgan fingerprint density at radius 1 is 1.35 bits per heavy atom. The number of anilines is 1. The SMILES string of the molecule is COc1c(Cl)ccc(Cl)c1C(=O)N(C)c1nc(C)cs1. The first-order valence-electron chi connectivity index (χ1n) is 5.68. The lowest BCUT2D eigenvalue weighted by Crippen LogP contribution is -2.27. The Morgan fingerprint density at radius 2 is 2.00 bits per heavy atom. The quantitative estimate of drug-likeness (QED) is 0.852. The van der Waals surface area contributed by atoms with Crippen molar-refractivity contribution in [1.82, 2.24) is 4.98 Å². The molecule has 0 atom stereocenters. The second-order valence-electron chi connectivity index (χ2n) is 4.07. The smallest absolute Gasteiger partial charge is 0.265 e. The van der Waals surface area contributed by atoms with E-state index in [-0.39, 0.29) is 22.2 Å². The van der Waals surface area contributed by atoms with E-state index in [2.05, 4.69) is 4.98 Å². The summed E-state index contributed by atoms with van der Waals surface area (Å²) in [7, 11) is 3.08. The first-order valence-corrected chi connectivity index (χ1v) is 7.31. The van der Waals surface area contributed by atoms with Crippen LogP contribution in [0.15, 0.2) is 17.5 Å². The monoisotopic (exact) mass is 330 g/mol. The number of nitrogens with zero attached hydrogens (tertiary/aromatic N) is 2. The summed E-state index contributed by atoms with van der Waals surface area (Å²) in [5.74, 6) is -0.0482. The van der Waals surface area contributed by atoms with Crippen LogP contribution in [-0.4, -0.2) is 25.0 Å². The molecule has 1 heterocycles. The van der Waals surface area contributed by atoms with Crippen LogP contribution in [0.1, 0.15) is 16.1 Å². The van der Waals surface area contributed by atoms with Crippen LogP contribution in [0.25, 0.3) is 0 Å². The number of aromatic nitrogens is 1. The minimum Gasteiger partial charge on any atom is -0.494 e. The normalized spacial score (nSPS) is 10.4. The number of methoxy groups -OCH3 is 1.